The SMILES string of the molecule is O=S(=O)(C1CC1)N1CCC[C@H]1C1=NN(c2cn(CC3CCOCC3)c3c(Cl)cccc23)CO1. The summed E-state index contributed by atoms with van der Waals surface area (Å²) >= 11 is 6.63. The number of benzene rings is 1. The summed E-state index contributed by atoms with van der Waals surface area (Å²) in [5.41, 5.74) is 1.94. The van der Waals surface area contributed by atoms with E-state index in [9.17, 15) is 8.42 Å². The van der Waals surface area contributed by atoms with Crippen LogP contribution in [0.5, 0.6) is 0 Å². The number of rotatable bonds is 6. The summed E-state index contributed by atoms with van der Waals surface area (Å²) in [6.07, 6.45) is 7.30. The normalized spacial score (nSPS) is 25.1. The van der Waals surface area contributed by atoms with E-state index < -0.39 is 10.0 Å². The molecule has 1 aromatic carbocycles. The van der Waals surface area contributed by atoms with Gasteiger partial charge in [0.1, 0.15) is 6.04 Å². The van der Waals surface area contributed by atoms with E-state index in [1.807, 2.05) is 17.1 Å². The van der Waals surface area contributed by atoms with Crippen molar-refractivity contribution in [1.82, 2.24) is 8.87 Å². The van der Waals surface area contributed by atoms with Crippen LogP contribution in [0.2, 0.25) is 5.02 Å². The van der Waals surface area contributed by atoms with Crippen LogP contribution in [0.15, 0.2) is 29.5 Å². The molecule has 1 aromatic heterocycles. The van der Waals surface area contributed by atoms with Gasteiger partial charge in [-0.2, -0.15) is 4.31 Å². The van der Waals surface area contributed by atoms with E-state index in [0.717, 1.165) is 74.9 Å². The molecule has 10 heteroatoms. The summed E-state index contributed by atoms with van der Waals surface area (Å²) < 4.78 is 41.1. The van der Waals surface area contributed by atoms with Gasteiger partial charge in [0.15, 0.2) is 6.73 Å². The maximum Gasteiger partial charge on any atom is 0.227 e. The molecule has 1 aliphatic carbocycles. The third-order valence-electron chi connectivity index (χ3n) is 7.22. The monoisotopic (exact) mass is 492 g/mol. The van der Waals surface area contributed by atoms with E-state index in [0.29, 0.717) is 23.4 Å². The lowest BCUT2D eigenvalue weighted by molar-refractivity contribution is 0.0616. The molecular weight excluding hydrogens is 464 g/mol. The highest BCUT2D eigenvalue weighted by molar-refractivity contribution is 7.90. The number of para-hydroxylation sites is 1. The van der Waals surface area contributed by atoms with Crippen molar-refractivity contribution in [2.45, 2.75) is 56.4 Å². The molecule has 0 spiro atoms. The Bertz CT molecular complexity index is 1190. The number of sulfonamides is 1. The van der Waals surface area contributed by atoms with Crippen molar-refractivity contribution >= 4 is 44.1 Å². The molecule has 4 aliphatic rings. The van der Waals surface area contributed by atoms with Crippen LogP contribution >= 0.6 is 11.6 Å². The van der Waals surface area contributed by atoms with E-state index >= 15 is 0 Å². The van der Waals surface area contributed by atoms with Crippen molar-refractivity contribution in [3.63, 3.8) is 0 Å². The molecule has 2 saturated heterocycles. The van der Waals surface area contributed by atoms with Crippen LogP contribution in [-0.4, -0.2) is 61.0 Å². The third-order valence-corrected chi connectivity index (χ3v) is 9.93. The fourth-order valence-electron chi connectivity index (χ4n) is 5.29. The molecule has 0 amide bonds. The Hall–Kier alpha value is -1.81. The largest absolute Gasteiger partial charge is 0.455 e. The van der Waals surface area contributed by atoms with Crippen molar-refractivity contribution in [2.24, 2.45) is 11.0 Å². The molecule has 0 unspecified atom stereocenters. The van der Waals surface area contributed by atoms with Gasteiger partial charge in [-0.25, -0.2) is 13.4 Å². The fourth-order valence-corrected chi connectivity index (χ4v) is 7.62. The number of anilines is 1. The summed E-state index contributed by atoms with van der Waals surface area (Å²) in [6, 6.07) is 5.63. The molecule has 0 radical (unpaired) electrons. The molecule has 1 atom stereocenters. The number of nitrogens with zero attached hydrogens (tertiary/aromatic N) is 4. The minimum Gasteiger partial charge on any atom is -0.455 e. The molecule has 0 bridgehead atoms. The van der Waals surface area contributed by atoms with Gasteiger partial charge in [-0.15, -0.1) is 5.10 Å². The van der Waals surface area contributed by atoms with Gasteiger partial charge < -0.3 is 14.0 Å². The average molecular weight is 493 g/mol. The summed E-state index contributed by atoms with van der Waals surface area (Å²) in [5, 5.41) is 8.13. The Morgan fingerprint density at radius 1 is 1.12 bits per heavy atom. The maximum atomic E-state index is 12.9. The zero-order valence-corrected chi connectivity index (χ0v) is 20.1. The Morgan fingerprint density at radius 3 is 2.73 bits per heavy atom. The first-order chi connectivity index (χ1) is 16.0. The minimum atomic E-state index is -3.26. The molecule has 3 fully saturated rings. The first-order valence-electron chi connectivity index (χ1n) is 11.9. The second kappa shape index (κ2) is 8.45. The van der Waals surface area contributed by atoms with Crippen molar-refractivity contribution in [3.8, 4) is 0 Å². The quantitative estimate of drug-likeness (QED) is 0.613. The predicted octanol–water partition coefficient (Wildman–Crippen LogP) is 3.79. The van der Waals surface area contributed by atoms with E-state index in [-0.39, 0.29) is 18.0 Å². The topological polar surface area (TPSA) is 76.4 Å². The summed E-state index contributed by atoms with van der Waals surface area (Å²) in [5.74, 6) is 1.05. The van der Waals surface area contributed by atoms with Gasteiger partial charge in [0.05, 0.1) is 21.5 Å². The van der Waals surface area contributed by atoms with E-state index in [1.54, 1.807) is 4.31 Å². The molecule has 6 rings (SSSR count). The molecule has 178 valence electrons. The fraction of sp³-hybridized carbons (Fsp3) is 0.609. The maximum absolute atomic E-state index is 12.9. The lowest BCUT2D eigenvalue weighted by Crippen LogP contribution is -2.42. The first kappa shape index (κ1) is 21.7. The smallest absolute Gasteiger partial charge is 0.227 e. The average Bonchev–Trinajstić information content (AvgIpc) is 3.21. The minimum absolute atomic E-state index is 0.221. The van der Waals surface area contributed by atoms with Crippen LogP contribution in [0.1, 0.15) is 38.5 Å². The van der Waals surface area contributed by atoms with Crippen molar-refractivity contribution < 1.29 is 17.9 Å². The van der Waals surface area contributed by atoms with Crippen LogP contribution < -0.4 is 5.01 Å². The lowest BCUT2D eigenvalue weighted by Gasteiger charge is -2.23. The molecule has 2 aromatic rings. The number of fused-ring (bicyclic) bond motifs is 1. The van der Waals surface area contributed by atoms with Crippen LogP contribution in [-0.2, 0) is 26.0 Å². The highest BCUT2D eigenvalue weighted by Crippen LogP contribution is 2.38. The summed E-state index contributed by atoms with van der Waals surface area (Å²) in [4.78, 5) is 0. The van der Waals surface area contributed by atoms with E-state index in [1.165, 1.54) is 0 Å². The number of hydrazone groups is 1. The third kappa shape index (κ3) is 3.92. The highest BCUT2D eigenvalue weighted by Gasteiger charge is 2.47. The first-order valence-corrected chi connectivity index (χ1v) is 13.7. The van der Waals surface area contributed by atoms with Crippen molar-refractivity contribution in [3.05, 3.63) is 29.4 Å². The van der Waals surface area contributed by atoms with Crippen molar-refractivity contribution in [1.29, 1.82) is 0 Å². The zero-order valence-electron chi connectivity index (χ0n) is 18.5. The number of hydrogen-bond acceptors (Lipinski definition) is 6. The van der Waals surface area contributed by atoms with Crippen LogP contribution in [0.3, 0.4) is 0 Å². The lowest BCUT2D eigenvalue weighted by atomic mass is 10.0. The van der Waals surface area contributed by atoms with E-state index in [2.05, 4.69) is 16.8 Å². The van der Waals surface area contributed by atoms with Gasteiger partial charge in [0.2, 0.25) is 15.9 Å². The number of halogens is 1. The van der Waals surface area contributed by atoms with E-state index in [4.69, 9.17) is 26.2 Å². The van der Waals surface area contributed by atoms with Crippen LogP contribution in [0.25, 0.3) is 10.9 Å². The Kier molecular flexibility index (Phi) is 5.55. The van der Waals surface area contributed by atoms with Gasteiger partial charge in [-0.3, -0.25) is 0 Å². The van der Waals surface area contributed by atoms with Crippen LogP contribution in [0, 0.1) is 5.92 Å². The van der Waals surface area contributed by atoms with Gasteiger partial charge in [0.25, 0.3) is 0 Å². The molecule has 3 aliphatic heterocycles. The zero-order chi connectivity index (χ0) is 22.6. The van der Waals surface area contributed by atoms with Gasteiger partial charge in [-0.1, -0.05) is 23.7 Å². The number of hydrogen-bond donors (Lipinski definition) is 0. The Labute approximate surface area is 199 Å². The molecule has 0 N–H and O–H groups in total. The number of ether oxygens (including phenoxy) is 2. The summed E-state index contributed by atoms with van der Waals surface area (Å²) in [6.45, 7) is 3.31. The number of aromatic nitrogens is 1. The van der Waals surface area contributed by atoms with Gasteiger partial charge in [-0.05, 0) is 50.5 Å². The Morgan fingerprint density at radius 2 is 1.94 bits per heavy atom. The van der Waals surface area contributed by atoms with Crippen LogP contribution in [0.4, 0.5) is 5.69 Å². The molecule has 8 nitrogen and oxygen atoms in total. The van der Waals surface area contributed by atoms with Gasteiger partial charge in [0, 0.05) is 37.9 Å². The summed E-state index contributed by atoms with van der Waals surface area (Å²) in [7, 11) is -3.26. The highest BCUT2D eigenvalue weighted by atomic mass is 35.5. The van der Waals surface area contributed by atoms with Crippen molar-refractivity contribution in [2.75, 3.05) is 31.5 Å². The molecule has 4 heterocycles. The molecule has 1 saturated carbocycles. The second-order valence-corrected chi connectivity index (χ2v) is 12.1. The predicted molar refractivity (Wildman–Crippen MR) is 128 cm³/mol. The second-order valence-electron chi connectivity index (χ2n) is 9.48. The standard InChI is InChI=1S/C23H29ClN4O4S/c24-19-4-1-3-18-21(14-26(22(18)19)13-16-8-11-31-12-9-16)27-15-32-23(25-27)20-5-2-10-28(20)33(29,30)17-6-7-17/h1,3-4,14,16-17,20H,2,5-13,15H2/t20-/m0/s1. The van der Waals surface area contributed by atoms with Gasteiger partial charge >= 0.3 is 0 Å². The molecule has 33 heavy (non-hydrogen) atoms. The Balaban J connectivity index is 1.31. The molecular formula is C23H29ClN4O4S.